The van der Waals surface area contributed by atoms with Crippen LogP contribution in [0.2, 0.25) is 10.0 Å². The Labute approximate surface area is 137 Å². The summed E-state index contributed by atoms with van der Waals surface area (Å²) in [6, 6.07) is 14.5. The molecule has 0 saturated heterocycles. The summed E-state index contributed by atoms with van der Waals surface area (Å²) in [5.41, 5.74) is 3.56. The van der Waals surface area contributed by atoms with Crippen LogP contribution in [-0.4, -0.2) is 0 Å². The highest BCUT2D eigenvalue weighted by Gasteiger charge is 2.08. The van der Waals surface area contributed by atoms with E-state index in [1.54, 1.807) is 6.07 Å². The Balaban J connectivity index is 2.04. The lowest BCUT2D eigenvalue weighted by atomic mass is 10.0. The Kier molecular flexibility index (Phi) is 5.96. The number of hydrogen-bond donors (Lipinski definition) is 1. The van der Waals surface area contributed by atoms with Crippen LogP contribution in [0.25, 0.3) is 0 Å². The van der Waals surface area contributed by atoms with Gasteiger partial charge in [0, 0.05) is 11.1 Å². The van der Waals surface area contributed by atoms with Crippen molar-refractivity contribution in [3.63, 3.8) is 0 Å². The summed E-state index contributed by atoms with van der Waals surface area (Å²) in [5, 5.41) is 4.72. The van der Waals surface area contributed by atoms with E-state index in [-0.39, 0.29) is 6.04 Å². The van der Waals surface area contributed by atoms with Crippen LogP contribution < -0.4 is 5.32 Å². The Morgan fingerprint density at radius 3 is 2.38 bits per heavy atom. The van der Waals surface area contributed by atoms with Crippen LogP contribution in [0.1, 0.15) is 43.9 Å². The van der Waals surface area contributed by atoms with E-state index in [1.807, 2.05) is 12.1 Å². The molecule has 0 radical (unpaired) electrons. The zero-order chi connectivity index (χ0) is 15.2. The van der Waals surface area contributed by atoms with Crippen LogP contribution in [0.5, 0.6) is 0 Å². The van der Waals surface area contributed by atoms with E-state index in [0.717, 1.165) is 12.1 Å². The fourth-order valence-electron chi connectivity index (χ4n) is 2.28. The van der Waals surface area contributed by atoms with Gasteiger partial charge in [0.15, 0.2) is 0 Å². The second-order valence-corrected chi connectivity index (χ2v) is 6.18. The monoisotopic (exact) mass is 321 g/mol. The summed E-state index contributed by atoms with van der Waals surface area (Å²) in [5.74, 6) is 0. The number of rotatable bonds is 6. The predicted molar refractivity (Wildman–Crippen MR) is 93.6 cm³/mol. The number of aryl methyl sites for hydroxylation is 1. The summed E-state index contributed by atoms with van der Waals surface area (Å²) in [7, 11) is 0. The third-order valence-corrected chi connectivity index (χ3v) is 4.15. The zero-order valence-corrected chi connectivity index (χ0v) is 14.0. The van der Waals surface area contributed by atoms with Crippen molar-refractivity contribution in [2.75, 3.05) is 5.32 Å². The molecule has 0 bridgehead atoms. The molecule has 1 unspecified atom stereocenters. The maximum atomic E-state index is 6.20. The highest BCUT2D eigenvalue weighted by Crippen LogP contribution is 2.28. The molecule has 0 heterocycles. The number of unbranched alkanes of at least 4 members (excludes halogenated alkanes) is 1. The largest absolute Gasteiger partial charge is 0.377 e. The van der Waals surface area contributed by atoms with Crippen LogP contribution >= 0.6 is 23.2 Å². The van der Waals surface area contributed by atoms with Gasteiger partial charge in [0.05, 0.1) is 10.7 Å². The first-order chi connectivity index (χ1) is 10.1. The van der Waals surface area contributed by atoms with E-state index in [9.17, 15) is 0 Å². The van der Waals surface area contributed by atoms with Crippen molar-refractivity contribution in [2.24, 2.45) is 0 Å². The molecule has 3 heteroatoms. The summed E-state index contributed by atoms with van der Waals surface area (Å²) >= 11 is 12.1. The van der Waals surface area contributed by atoms with Crippen molar-refractivity contribution in [2.45, 2.75) is 39.2 Å². The third-order valence-electron chi connectivity index (χ3n) is 3.60. The van der Waals surface area contributed by atoms with E-state index in [0.29, 0.717) is 10.0 Å². The molecule has 112 valence electrons. The third kappa shape index (κ3) is 4.66. The summed E-state index contributed by atoms with van der Waals surface area (Å²) in [6.45, 7) is 4.35. The van der Waals surface area contributed by atoms with Crippen LogP contribution in [-0.2, 0) is 6.42 Å². The van der Waals surface area contributed by atoms with Crippen molar-refractivity contribution in [3.05, 3.63) is 63.6 Å². The summed E-state index contributed by atoms with van der Waals surface area (Å²) < 4.78 is 0. The average molecular weight is 322 g/mol. The van der Waals surface area contributed by atoms with Gasteiger partial charge in [0.25, 0.3) is 0 Å². The average Bonchev–Trinajstić information content (AvgIpc) is 2.48. The fourth-order valence-corrected chi connectivity index (χ4v) is 2.74. The Morgan fingerprint density at radius 1 is 1.05 bits per heavy atom. The number of hydrogen-bond acceptors (Lipinski definition) is 1. The number of anilines is 1. The van der Waals surface area contributed by atoms with Crippen molar-refractivity contribution >= 4 is 28.9 Å². The molecule has 2 rings (SSSR count). The van der Waals surface area contributed by atoms with Gasteiger partial charge in [-0.1, -0.05) is 60.8 Å². The van der Waals surface area contributed by atoms with Crippen LogP contribution in [0.15, 0.2) is 42.5 Å². The minimum atomic E-state index is 0.198. The quantitative estimate of drug-likeness (QED) is 0.639. The molecule has 0 aromatic heterocycles. The molecule has 2 aromatic rings. The molecule has 1 atom stereocenters. The lowest BCUT2D eigenvalue weighted by molar-refractivity contribution is 0.793. The predicted octanol–water partition coefficient (Wildman–Crippen LogP) is 6.51. The fraction of sp³-hybridized carbons (Fsp3) is 0.333. The topological polar surface area (TPSA) is 12.0 Å². The maximum Gasteiger partial charge on any atom is 0.0652 e. The Morgan fingerprint density at radius 2 is 1.76 bits per heavy atom. The standard InChI is InChI=1S/C18H21Cl2N/c1-3-4-5-14-6-8-15(9-7-14)13(2)21-18-11-10-16(19)12-17(18)20/h6-13,21H,3-5H2,1-2H3. The van der Waals surface area contributed by atoms with Crippen LogP contribution in [0.3, 0.4) is 0 Å². The van der Waals surface area contributed by atoms with Gasteiger partial charge < -0.3 is 5.32 Å². The van der Waals surface area contributed by atoms with Gasteiger partial charge >= 0.3 is 0 Å². The van der Waals surface area contributed by atoms with Gasteiger partial charge in [0.2, 0.25) is 0 Å². The lowest BCUT2D eigenvalue weighted by Gasteiger charge is -2.17. The van der Waals surface area contributed by atoms with Crippen molar-refractivity contribution in [3.8, 4) is 0 Å². The minimum Gasteiger partial charge on any atom is -0.377 e. The van der Waals surface area contributed by atoms with Gasteiger partial charge in [0.1, 0.15) is 0 Å². The second-order valence-electron chi connectivity index (χ2n) is 5.34. The van der Waals surface area contributed by atoms with Crippen LogP contribution in [0.4, 0.5) is 5.69 Å². The number of nitrogens with one attached hydrogen (secondary N) is 1. The normalized spacial score (nSPS) is 12.2. The van der Waals surface area contributed by atoms with Gasteiger partial charge in [-0.2, -0.15) is 0 Å². The van der Waals surface area contributed by atoms with E-state index >= 15 is 0 Å². The Hall–Kier alpha value is -1.18. The van der Waals surface area contributed by atoms with Gasteiger partial charge in [-0.25, -0.2) is 0 Å². The maximum absolute atomic E-state index is 6.20. The molecule has 0 aliphatic rings. The summed E-state index contributed by atoms with van der Waals surface area (Å²) in [4.78, 5) is 0. The SMILES string of the molecule is CCCCc1ccc(C(C)Nc2ccc(Cl)cc2Cl)cc1. The zero-order valence-electron chi connectivity index (χ0n) is 12.5. The molecule has 0 fully saturated rings. The molecule has 1 N–H and O–H groups in total. The Bertz CT molecular complexity index is 578. The highest BCUT2D eigenvalue weighted by atomic mass is 35.5. The molecule has 21 heavy (non-hydrogen) atoms. The molecule has 0 aliphatic heterocycles. The second kappa shape index (κ2) is 7.72. The van der Waals surface area contributed by atoms with Crippen LogP contribution in [0, 0.1) is 0 Å². The van der Waals surface area contributed by atoms with E-state index in [2.05, 4.69) is 43.4 Å². The molecule has 1 nitrogen and oxygen atoms in total. The van der Waals surface area contributed by atoms with E-state index in [4.69, 9.17) is 23.2 Å². The molecular formula is C18H21Cl2N. The molecular weight excluding hydrogens is 301 g/mol. The molecule has 2 aromatic carbocycles. The molecule has 0 spiro atoms. The van der Waals surface area contributed by atoms with Gasteiger partial charge in [-0.05, 0) is 49.1 Å². The first kappa shape index (κ1) is 16.2. The van der Waals surface area contributed by atoms with Gasteiger partial charge in [-0.15, -0.1) is 0 Å². The first-order valence-electron chi connectivity index (χ1n) is 7.40. The summed E-state index contributed by atoms with van der Waals surface area (Å²) in [6.07, 6.45) is 3.63. The van der Waals surface area contributed by atoms with E-state index in [1.165, 1.54) is 24.0 Å². The molecule has 0 aliphatic carbocycles. The van der Waals surface area contributed by atoms with Crippen molar-refractivity contribution in [1.82, 2.24) is 0 Å². The molecule has 0 saturated carbocycles. The van der Waals surface area contributed by atoms with Crippen molar-refractivity contribution in [1.29, 1.82) is 0 Å². The number of benzene rings is 2. The van der Waals surface area contributed by atoms with Crippen molar-refractivity contribution < 1.29 is 0 Å². The lowest BCUT2D eigenvalue weighted by Crippen LogP contribution is -2.07. The highest BCUT2D eigenvalue weighted by molar-refractivity contribution is 6.36. The number of halogens is 2. The molecule has 0 amide bonds. The van der Waals surface area contributed by atoms with Gasteiger partial charge in [-0.3, -0.25) is 0 Å². The minimum absolute atomic E-state index is 0.198. The first-order valence-corrected chi connectivity index (χ1v) is 8.16. The smallest absolute Gasteiger partial charge is 0.0652 e. The van der Waals surface area contributed by atoms with E-state index < -0.39 is 0 Å².